The quantitative estimate of drug-likeness (QED) is 0.583. The highest BCUT2D eigenvalue weighted by molar-refractivity contribution is 7.88. The molecule has 1 aromatic rings. The maximum atomic E-state index is 13.3. The van der Waals surface area contributed by atoms with E-state index in [1.165, 1.54) is 32.2 Å². The lowest BCUT2D eigenvalue weighted by atomic mass is 9.97. The average molecular weight is 466 g/mol. The fraction of sp³-hybridized carbons (Fsp3) is 0.476. The third-order valence-corrected chi connectivity index (χ3v) is 6.72. The van der Waals surface area contributed by atoms with E-state index >= 15 is 0 Å². The number of likely N-dealkylation sites (tertiary alicyclic amines) is 1. The molecule has 1 aromatic carbocycles. The number of methoxy groups -OCH3 is 2. The first-order valence-electron chi connectivity index (χ1n) is 10.2. The molecule has 0 saturated carbocycles. The predicted molar refractivity (Wildman–Crippen MR) is 117 cm³/mol. The van der Waals surface area contributed by atoms with Gasteiger partial charge in [0.25, 0.3) is 5.91 Å². The molecule has 1 amide bonds. The molecule has 11 heteroatoms. The Hall–Kier alpha value is -3.08. The maximum Gasteiger partial charge on any atom is 0.345 e. The van der Waals surface area contributed by atoms with E-state index in [-0.39, 0.29) is 30.5 Å². The second-order valence-electron chi connectivity index (χ2n) is 7.36. The summed E-state index contributed by atoms with van der Waals surface area (Å²) >= 11 is 0. The number of hydrogen-bond donors (Lipinski definition) is 0. The third kappa shape index (κ3) is 4.72. The SMILES string of the molecule is CCOC(=O)[C@H]1CCCN(C(=O)C2=CC(c3ccc(OC)c(OC)c3)=NS(=O)(=O)N2C)C1. The molecule has 0 aromatic heterocycles. The Morgan fingerprint density at radius 3 is 2.56 bits per heavy atom. The fourth-order valence-corrected chi connectivity index (χ4v) is 4.57. The maximum absolute atomic E-state index is 13.3. The molecule has 0 radical (unpaired) electrons. The van der Waals surface area contributed by atoms with Crippen molar-refractivity contribution < 1.29 is 32.2 Å². The van der Waals surface area contributed by atoms with E-state index in [0.29, 0.717) is 36.4 Å². The van der Waals surface area contributed by atoms with Gasteiger partial charge in [-0.25, -0.2) is 4.31 Å². The normalized spacial score (nSPS) is 20.2. The molecule has 174 valence electrons. The molecule has 2 aliphatic heterocycles. The molecule has 1 fully saturated rings. The minimum atomic E-state index is -4.12. The molecule has 1 atom stereocenters. The molecule has 0 unspecified atom stereocenters. The van der Waals surface area contributed by atoms with E-state index in [0.717, 1.165) is 4.31 Å². The van der Waals surface area contributed by atoms with E-state index < -0.39 is 22.0 Å². The Labute approximate surface area is 187 Å². The minimum absolute atomic E-state index is 0.0470. The van der Waals surface area contributed by atoms with Gasteiger partial charge < -0.3 is 19.1 Å². The van der Waals surface area contributed by atoms with Crippen molar-refractivity contribution in [1.82, 2.24) is 9.21 Å². The number of esters is 1. The lowest BCUT2D eigenvalue weighted by Gasteiger charge is -2.34. The Kier molecular flexibility index (Phi) is 7.07. The molecule has 3 rings (SSSR count). The lowest BCUT2D eigenvalue weighted by Crippen LogP contribution is -2.46. The van der Waals surface area contributed by atoms with Crippen LogP contribution in [-0.4, -0.2) is 76.2 Å². The van der Waals surface area contributed by atoms with Crippen molar-refractivity contribution in [1.29, 1.82) is 0 Å². The molecule has 1 saturated heterocycles. The molecule has 0 N–H and O–H groups in total. The van der Waals surface area contributed by atoms with E-state index in [1.807, 2.05) is 0 Å². The molecule has 2 aliphatic rings. The van der Waals surface area contributed by atoms with Crippen molar-refractivity contribution in [2.75, 3.05) is 41.0 Å². The van der Waals surface area contributed by atoms with Crippen molar-refractivity contribution in [2.45, 2.75) is 19.8 Å². The molecule has 0 spiro atoms. The predicted octanol–water partition coefficient (Wildman–Crippen LogP) is 1.37. The molecule has 10 nitrogen and oxygen atoms in total. The summed E-state index contributed by atoms with van der Waals surface area (Å²) in [4.78, 5) is 26.9. The zero-order valence-corrected chi connectivity index (χ0v) is 19.3. The summed E-state index contributed by atoms with van der Waals surface area (Å²) in [5.74, 6) is -0.392. The van der Waals surface area contributed by atoms with Gasteiger partial charge in [0.2, 0.25) is 0 Å². The Bertz CT molecular complexity index is 1070. The van der Waals surface area contributed by atoms with Crippen LogP contribution >= 0.6 is 0 Å². The van der Waals surface area contributed by atoms with Gasteiger partial charge in [-0.1, -0.05) is 0 Å². The van der Waals surface area contributed by atoms with Crippen LogP contribution in [0.1, 0.15) is 25.3 Å². The number of hydrogen-bond acceptors (Lipinski definition) is 7. The van der Waals surface area contributed by atoms with Crippen LogP contribution in [0.2, 0.25) is 0 Å². The van der Waals surface area contributed by atoms with Gasteiger partial charge in [-0.3, -0.25) is 9.59 Å². The van der Waals surface area contributed by atoms with Crippen LogP contribution in [0.25, 0.3) is 0 Å². The number of ether oxygens (including phenoxy) is 3. The van der Waals surface area contributed by atoms with Crippen LogP contribution in [0, 0.1) is 5.92 Å². The van der Waals surface area contributed by atoms with Gasteiger partial charge in [0.1, 0.15) is 5.70 Å². The number of nitrogens with zero attached hydrogens (tertiary/aromatic N) is 3. The first kappa shape index (κ1) is 23.6. The third-order valence-electron chi connectivity index (χ3n) is 5.40. The van der Waals surface area contributed by atoms with Gasteiger partial charge in [-0.05, 0) is 44.0 Å². The first-order chi connectivity index (χ1) is 15.2. The highest BCUT2D eigenvalue weighted by Crippen LogP contribution is 2.30. The van der Waals surface area contributed by atoms with E-state index in [1.54, 1.807) is 25.1 Å². The first-order valence-corrected chi connectivity index (χ1v) is 11.6. The van der Waals surface area contributed by atoms with Crippen LogP contribution in [0.3, 0.4) is 0 Å². The molecule has 0 aliphatic carbocycles. The van der Waals surface area contributed by atoms with Gasteiger partial charge >= 0.3 is 16.2 Å². The van der Waals surface area contributed by atoms with Gasteiger partial charge in [-0.15, -0.1) is 4.40 Å². The van der Waals surface area contributed by atoms with Crippen LogP contribution in [-0.2, 0) is 24.5 Å². The summed E-state index contributed by atoms with van der Waals surface area (Å²) in [7, 11) is 0.117. The highest BCUT2D eigenvalue weighted by atomic mass is 32.2. The molecule has 2 heterocycles. The summed E-state index contributed by atoms with van der Waals surface area (Å²) in [6, 6.07) is 4.86. The number of carbonyl (C=O) groups excluding carboxylic acids is 2. The number of benzene rings is 1. The van der Waals surface area contributed by atoms with Crippen molar-refractivity contribution in [3.63, 3.8) is 0 Å². The van der Waals surface area contributed by atoms with Gasteiger partial charge in [-0.2, -0.15) is 8.42 Å². The number of likely N-dealkylation sites (N-methyl/N-ethyl adjacent to an activating group) is 1. The Morgan fingerprint density at radius 2 is 1.91 bits per heavy atom. The highest BCUT2D eigenvalue weighted by Gasteiger charge is 2.36. The van der Waals surface area contributed by atoms with Gasteiger partial charge in [0, 0.05) is 25.7 Å². The zero-order chi connectivity index (χ0) is 23.5. The summed E-state index contributed by atoms with van der Waals surface area (Å²) in [6.45, 7) is 2.58. The number of carbonyl (C=O) groups is 2. The van der Waals surface area contributed by atoms with Gasteiger partial charge in [0.05, 0.1) is 32.5 Å². The summed E-state index contributed by atoms with van der Waals surface area (Å²) < 4.78 is 45.7. The topological polar surface area (TPSA) is 115 Å². The smallest absolute Gasteiger partial charge is 0.345 e. The van der Waals surface area contributed by atoms with Gasteiger partial charge in [0.15, 0.2) is 11.5 Å². The summed E-state index contributed by atoms with van der Waals surface area (Å²) in [5.41, 5.74) is 0.508. The number of rotatable bonds is 6. The second-order valence-corrected chi connectivity index (χ2v) is 8.99. The summed E-state index contributed by atoms with van der Waals surface area (Å²) in [6.07, 6.45) is 2.67. The number of amides is 1. The van der Waals surface area contributed by atoms with Crippen LogP contribution < -0.4 is 9.47 Å². The largest absolute Gasteiger partial charge is 0.493 e. The summed E-state index contributed by atoms with van der Waals surface area (Å²) in [5, 5.41) is 0. The van der Waals surface area contributed by atoms with Crippen molar-refractivity contribution in [3.8, 4) is 11.5 Å². The monoisotopic (exact) mass is 465 g/mol. The standard InChI is InChI=1S/C21H27N3O7S/c1-5-31-21(26)15-7-6-10-24(13-15)20(25)17-12-16(22-32(27,28)23(17)2)14-8-9-18(29-3)19(11-14)30-4/h8-9,11-12,15H,5-7,10,13H2,1-4H3/t15-/m0/s1. The molecular formula is C21H27N3O7S. The Balaban J connectivity index is 1.93. The van der Waals surface area contributed by atoms with Crippen molar-refractivity contribution >= 4 is 27.8 Å². The molecule has 0 bridgehead atoms. The minimum Gasteiger partial charge on any atom is -0.493 e. The van der Waals surface area contributed by atoms with E-state index in [4.69, 9.17) is 14.2 Å². The number of piperidine rings is 1. The van der Waals surface area contributed by atoms with E-state index in [9.17, 15) is 18.0 Å². The van der Waals surface area contributed by atoms with Crippen molar-refractivity contribution in [2.24, 2.45) is 10.3 Å². The molecular weight excluding hydrogens is 438 g/mol. The second kappa shape index (κ2) is 9.60. The number of allylic oxidation sites excluding steroid dienone is 1. The molecule has 32 heavy (non-hydrogen) atoms. The van der Waals surface area contributed by atoms with Crippen LogP contribution in [0.4, 0.5) is 0 Å². The zero-order valence-electron chi connectivity index (χ0n) is 18.5. The van der Waals surface area contributed by atoms with Crippen molar-refractivity contribution in [3.05, 3.63) is 35.5 Å². The average Bonchev–Trinajstić information content (AvgIpc) is 2.80. The van der Waals surface area contributed by atoms with E-state index in [2.05, 4.69) is 4.40 Å². The lowest BCUT2D eigenvalue weighted by molar-refractivity contribution is -0.151. The van der Waals surface area contributed by atoms with Crippen LogP contribution in [0.15, 0.2) is 34.4 Å². The van der Waals surface area contributed by atoms with Crippen LogP contribution in [0.5, 0.6) is 11.5 Å². The Morgan fingerprint density at radius 1 is 1.19 bits per heavy atom. The fourth-order valence-electron chi connectivity index (χ4n) is 3.66.